The van der Waals surface area contributed by atoms with Gasteiger partial charge in [0.15, 0.2) is 0 Å². The number of aryl methyl sites for hydroxylation is 3. The molecule has 2 aromatic carbocycles. The maximum Gasteiger partial charge on any atom is 0.244 e. The molecule has 1 unspecified atom stereocenters. The molecule has 184 valence electrons. The third-order valence-corrected chi connectivity index (χ3v) is 9.69. The monoisotopic (exact) mass is 528 g/mol. The molecule has 1 aromatic heterocycles. The van der Waals surface area contributed by atoms with E-state index in [1.807, 2.05) is 48.7 Å². The summed E-state index contributed by atoms with van der Waals surface area (Å²) in [6.45, 7) is 9.56. The minimum absolute atomic E-state index is 0.0456. The van der Waals surface area contributed by atoms with Gasteiger partial charge in [-0.3, -0.25) is 4.79 Å². The van der Waals surface area contributed by atoms with Crippen LogP contribution in [0.1, 0.15) is 38.7 Å². The molecule has 1 amide bonds. The van der Waals surface area contributed by atoms with Crippen LogP contribution < -0.4 is 0 Å². The van der Waals surface area contributed by atoms with Crippen molar-refractivity contribution >= 4 is 38.9 Å². The van der Waals surface area contributed by atoms with E-state index in [9.17, 15) is 13.2 Å². The summed E-state index contributed by atoms with van der Waals surface area (Å²) >= 11 is 7.80. The van der Waals surface area contributed by atoms with Crippen LogP contribution in [0.3, 0.4) is 0 Å². The fraction of sp³-hybridized carbons (Fsp3) is 0.296. The van der Waals surface area contributed by atoms with Gasteiger partial charge < -0.3 is 4.90 Å². The number of thiophene rings is 1. The highest BCUT2D eigenvalue weighted by Crippen LogP contribution is 2.38. The quantitative estimate of drug-likeness (QED) is 0.371. The summed E-state index contributed by atoms with van der Waals surface area (Å²) < 4.78 is 28.7. The van der Waals surface area contributed by atoms with Crippen molar-refractivity contribution in [2.45, 2.75) is 38.1 Å². The van der Waals surface area contributed by atoms with Crippen molar-refractivity contribution in [1.82, 2.24) is 9.21 Å². The highest BCUT2D eigenvalue weighted by atomic mass is 35.5. The van der Waals surface area contributed by atoms with E-state index in [4.69, 9.17) is 11.6 Å². The second-order valence-electron chi connectivity index (χ2n) is 8.90. The molecule has 5 nitrogen and oxygen atoms in total. The number of sulfonamides is 1. The summed E-state index contributed by atoms with van der Waals surface area (Å²) in [5.74, 6) is -0.241. The van der Waals surface area contributed by atoms with Gasteiger partial charge in [0, 0.05) is 23.0 Å². The number of amides is 1. The van der Waals surface area contributed by atoms with Crippen molar-refractivity contribution < 1.29 is 13.2 Å². The van der Waals surface area contributed by atoms with E-state index < -0.39 is 10.0 Å². The van der Waals surface area contributed by atoms with Crippen LogP contribution in [-0.2, 0) is 21.2 Å². The van der Waals surface area contributed by atoms with Crippen LogP contribution in [-0.4, -0.2) is 43.2 Å². The normalized spacial score (nSPS) is 15.8. The zero-order valence-corrected chi connectivity index (χ0v) is 22.5. The molecule has 35 heavy (non-hydrogen) atoms. The zero-order valence-electron chi connectivity index (χ0n) is 20.1. The van der Waals surface area contributed by atoms with Gasteiger partial charge in [-0.1, -0.05) is 47.5 Å². The maximum absolute atomic E-state index is 13.7. The molecule has 2 heterocycles. The minimum atomic E-state index is -3.91. The maximum atomic E-state index is 13.7. The number of carbonyl (C=O) groups excluding carboxylic acids is 1. The Kier molecular flexibility index (Phi) is 7.52. The number of nitrogens with zero attached hydrogens (tertiary/aromatic N) is 2. The Morgan fingerprint density at radius 3 is 2.46 bits per heavy atom. The summed E-state index contributed by atoms with van der Waals surface area (Å²) in [5, 5.41) is 2.67. The molecular weight excluding hydrogens is 500 g/mol. The predicted molar refractivity (Wildman–Crippen MR) is 143 cm³/mol. The zero-order chi connectivity index (χ0) is 25.3. The Morgan fingerprint density at radius 1 is 1.17 bits per heavy atom. The Balaban J connectivity index is 1.69. The number of hydrogen-bond acceptors (Lipinski definition) is 4. The van der Waals surface area contributed by atoms with Crippen LogP contribution in [0.4, 0.5) is 0 Å². The Bertz CT molecular complexity index is 1340. The Morgan fingerprint density at radius 2 is 1.83 bits per heavy atom. The lowest BCUT2D eigenvalue weighted by molar-refractivity contribution is -0.133. The molecule has 1 atom stereocenters. The Hall–Kier alpha value is -2.45. The van der Waals surface area contributed by atoms with Crippen LogP contribution in [0.25, 0.3) is 0 Å². The molecule has 0 saturated heterocycles. The average Bonchev–Trinajstić information content (AvgIpc) is 3.26. The molecule has 1 aliphatic heterocycles. The van der Waals surface area contributed by atoms with Crippen LogP contribution in [0.5, 0.6) is 0 Å². The molecule has 0 fully saturated rings. The smallest absolute Gasteiger partial charge is 0.244 e. The summed E-state index contributed by atoms with van der Waals surface area (Å²) in [4.78, 5) is 17.0. The van der Waals surface area contributed by atoms with E-state index in [0.29, 0.717) is 22.7 Å². The van der Waals surface area contributed by atoms with Gasteiger partial charge in [-0.05, 0) is 73.0 Å². The molecule has 0 radical (unpaired) electrons. The first-order chi connectivity index (χ1) is 16.6. The van der Waals surface area contributed by atoms with Gasteiger partial charge in [0.2, 0.25) is 15.9 Å². The van der Waals surface area contributed by atoms with E-state index in [1.54, 1.807) is 30.1 Å². The first-order valence-corrected chi connectivity index (χ1v) is 14.1. The predicted octanol–water partition coefficient (Wildman–Crippen LogP) is 5.68. The molecule has 3 aromatic rings. The standard InChI is InChI=1S/C27H29ClN2O3S2/c1-5-12-29(35(32,33)27-19(3)15-18(2)16-20(27)4)17-25(31)30-13-10-24-23(11-14-34-24)26(30)21-6-8-22(28)9-7-21/h5-9,11,14-16,26H,1,10,12-13,17H2,2-4H3. The number of hydrogen-bond donors (Lipinski definition) is 0. The molecule has 1 aliphatic rings. The first kappa shape index (κ1) is 25.6. The fourth-order valence-electron chi connectivity index (χ4n) is 4.93. The molecule has 0 saturated carbocycles. The molecular formula is C27H29ClN2O3S2. The molecule has 0 bridgehead atoms. The van der Waals surface area contributed by atoms with E-state index in [-0.39, 0.29) is 29.9 Å². The van der Waals surface area contributed by atoms with E-state index in [1.165, 1.54) is 15.3 Å². The van der Waals surface area contributed by atoms with Crippen LogP contribution >= 0.6 is 22.9 Å². The van der Waals surface area contributed by atoms with Gasteiger partial charge >= 0.3 is 0 Å². The number of halogens is 1. The minimum Gasteiger partial charge on any atom is -0.330 e. The lowest BCUT2D eigenvalue weighted by Gasteiger charge is -2.37. The summed E-state index contributed by atoms with van der Waals surface area (Å²) in [6, 6.07) is 13.0. The van der Waals surface area contributed by atoms with Crippen LogP contribution in [0, 0.1) is 20.8 Å². The number of rotatable bonds is 7. The molecule has 4 rings (SSSR count). The third kappa shape index (κ3) is 5.09. The second kappa shape index (κ2) is 10.3. The average molecular weight is 529 g/mol. The highest BCUT2D eigenvalue weighted by Gasteiger charge is 2.36. The van der Waals surface area contributed by atoms with Crippen molar-refractivity contribution in [3.8, 4) is 0 Å². The van der Waals surface area contributed by atoms with Crippen LogP contribution in [0.2, 0.25) is 5.02 Å². The van der Waals surface area contributed by atoms with Gasteiger partial charge in [0.1, 0.15) is 0 Å². The van der Waals surface area contributed by atoms with Gasteiger partial charge in [-0.15, -0.1) is 17.9 Å². The van der Waals surface area contributed by atoms with E-state index in [0.717, 1.165) is 23.1 Å². The SMILES string of the molecule is C=CCN(CC(=O)N1CCc2sccc2C1c1ccc(Cl)cc1)S(=O)(=O)c1c(C)cc(C)cc1C. The molecule has 0 spiro atoms. The summed E-state index contributed by atoms with van der Waals surface area (Å²) in [6.07, 6.45) is 2.26. The molecule has 0 aliphatic carbocycles. The second-order valence-corrected chi connectivity index (χ2v) is 12.2. The molecule has 0 N–H and O–H groups in total. The fourth-order valence-corrected chi connectivity index (χ4v) is 7.73. The Labute approximate surface area is 216 Å². The third-order valence-electron chi connectivity index (χ3n) is 6.32. The highest BCUT2D eigenvalue weighted by molar-refractivity contribution is 7.89. The number of fused-ring (bicyclic) bond motifs is 1. The van der Waals surface area contributed by atoms with Crippen molar-refractivity contribution in [3.63, 3.8) is 0 Å². The van der Waals surface area contributed by atoms with Crippen molar-refractivity contribution in [2.24, 2.45) is 0 Å². The van der Waals surface area contributed by atoms with Gasteiger partial charge in [0.25, 0.3) is 0 Å². The first-order valence-electron chi connectivity index (χ1n) is 11.4. The van der Waals surface area contributed by atoms with Crippen molar-refractivity contribution in [2.75, 3.05) is 19.6 Å². The van der Waals surface area contributed by atoms with Crippen LogP contribution in [0.15, 0.2) is 65.4 Å². The lowest BCUT2D eigenvalue weighted by atomic mass is 9.93. The number of benzene rings is 2. The summed E-state index contributed by atoms with van der Waals surface area (Å²) in [7, 11) is -3.91. The van der Waals surface area contributed by atoms with Gasteiger partial charge in [-0.2, -0.15) is 4.31 Å². The van der Waals surface area contributed by atoms with E-state index in [2.05, 4.69) is 12.6 Å². The van der Waals surface area contributed by atoms with E-state index >= 15 is 0 Å². The summed E-state index contributed by atoms with van der Waals surface area (Å²) in [5.41, 5.74) is 4.37. The lowest BCUT2D eigenvalue weighted by Crippen LogP contribution is -2.47. The largest absolute Gasteiger partial charge is 0.330 e. The number of carbonyl (C=O) groups is 1. The van der Waals surface area contributed by atoms with Crippen molar-refractivity contribution in [1.29, 1.82) is 0 Å². The van der Waals surface area contributed by atoms with Gasteiger partial charge in [0.05, 0.1) is 17.5 Å². The molecule has 8 heteroatoms. The topological polar surface area (TPSA) is 57.7 Å². The van der Waals surface area contributed by atoms with Gasteiger partial charge in [-0.25, -0.2) is 8.42 Å². The van der Waals surface area contributed by atoms with Crippen molar-refractivity contribution in [3.05, 3.63) is 98.2 Å².